The highest BCUT2D eigenvalue weighted by Gasteiger charge is 2.11. The van der Waals surface area contributed by atoms with Gasteiger partial charge in [0.25, 0.3) is 0 Å². The van der Waals surface area contributed by atoms with Gasteiger partial charge in [-0.1, -0.05) is 17.7 Å². The molecule has 0 aliphatic rings. The van der Waals surface area contributed by atoms with Crippen LogP contribution in [0.3, 0.4) is 0 Å². The molecule has 0 atom stereocenters. The number of fused-ring (bicyclic) bond motifs is 1. The Morgan fingerprint density at radius 2 is 2.06 bits per heavy atom. The smallest absolute Gasteiger partial charge is 0.227 e. The van der Waals surface area contributed by atoms with Crippen LogP contribution in [0.15, 0.2) is 45.3 Å². The Hall–Kier alpha value is -1.52. The summed E-state index contributed by atoms with van der Waals surface area (Å²) in [6, 6.07) is 11.0. The number of anilines is 1. The van der Waals surface area contributed by atoms with E-state index in [0.717, 1.165) is 10.0 Å². The summed E-state index contributed by atoms with van der Waals surface area (Å²) in [5.74, 6) is 0.528. The highest BCUT2D eigenvalue weighted by molar-refractivity contribution is 9.10. The average Bonchev–Trinajstić information content (AvgIpc) is 2.78. The molecule has 3 aromatic rings. The minimum absolute atomic E-state index is 0.528. The van der Waals surface area contributed by atoms with Gasteiger partial charge in [-0.15, -0.1) is 0 Å². The lowest BCUT2D eigenvalue weighted by molar-refractivity contribution is 0.620. The average molecular weight is 324 g/mol. The summed E-state index contributed by atoms with van der Waals surface area (Å²) in [6.45, 7) is 0. The van der Waals surface area contributed by atoms with Gasteiger partial charge in [0.2, 0.25) is 5.89 Å². The van der Waals surface area contributed by atoms with Crippen molar-refractivity contribution in [3.63, 3.8) is 0 Å². The second kappa shape index (κ2) is 4.30. The maximum atomic E-state index is 5.95. The number of nitrogens with two attached hydrogens (primary N) is 1. The molecular formula is C13H8BrClN2O. The van der Waals surface area contributed by atoms with Gasteiger partial charge in [-0.05, 0) is 46.3 Å². The van der Waals surface area contributed by atoms with Crippen LogP contribution in [0.1, 0.15) is 0 Å². The maximum Gasteiger partial charge on any atom is 0.227 e. The molecule has 0 spiro atoms. The Morgan fingerprint density at radius 1 is 1.22 bits per heavy atom. The summed E-state index contributed by atoms with van der Waals surface area (Å²) >= 11 is 9.33. The number of nitrogen functional groups attached to an aromatic ring is 1. The van der Waals surface area contributed by atoms with E-state index in [1.54, 1.807) is 12.1 Å². The van der Waals surface area contributed by atoms with E-state index in [1.165, 1.54) is 0 Å². The number of hydrogen-bond acceptors (Lipinski definition) is 3. The third-order valence-corrected chi connectivity index (χ3v) is 3.83. The van der Waals surface area contributed by atoms with Crippen molar-refractivity contribution in [3.8, 4) is 11.5 Å². The number of aromatic nitrogens is 1. The third-order valence-electron chi connectivity index (χ3n) is 2.62. The van der Waals surface area contributed by atoms with Crippen molar-refractivity contribution in [3.05, 3.63) is 45.9 Å². The van der Waals surface area contributed by atoms with Crippen LogP contribution in [0.4, 0.5) is 5.69 Å². The molecule has 0 aliphatic carbocycles. The Bertz CT molecular complexity index is 739. The Morgan fingerprint density at radius 3 is 2.78 bits per heavy atom. The minimum atomic E-state index is 0.528. The molecule has 1 aromatic heterocycles. The fourth-order valence-corrected chi connectivity index (χ4v) is 2.22. The Labute approximate surface area is 117 Å². The number of hydrogen-bond donors (Lipinski definition) is 1. The van der Waals surface area contributed by atoms with Crippen molar-refractivity contribution in [1.29, 1.82) is 0 Å². The van der Waals surface area contributed by atoms with Crippen LogP contribution in [0.2, 0.25) is 5.02 Å². The summed E-state index contributed by atoms with van der Waals surface area (Å²) in [6.07, 6.45) is 0. The van der Waals surface area contributed by atoms with Gasteiger partial charge in [-0.2, -0.15) is 0 Å². The first-order valence-electron chi connectivity index (χ1n) is 5.25. The van der Waals surface area contributed by atoms with E-state index in [1.807, 2.05) is 24.3 Å². The monoisotopic (exact) mass is 322 g/mol. The summed E-state index contributed by atoms with van der Waals surface area (Å²) in [5, 5.41) is 0.648. The Balaban J connectivity index is 2.19. The first kappa shape index (κ1) is 11.6. The minimum Gasteiger partial charge on any atom is -0.436 e. The predicted molar refractivity (Wildman–Crippen MR) is 76.6 cm³/mol. The molecule has 5 heteroatoms. The third kappa shape index (κ3) is 1.87. The van der Waals surface area contributed by atoms with Gasteiger partial charge in [0, 0.05) is 10.0 Å². The largest absolute Gasteiger partial charge is 0.436 e. The van der Waals surface area contributed by atoms with Crippen molar-refractivity contribution in [1.82, 2.24) is 4.98 Å². The molecule has 2 aromatic carbocycles. The molecule has 1 heterocycles. The molecule has 0 bridgehead atoms. The van der Waals surface area contributed by atoms with Gasteiger partial charge in [0.15, 0.2) is 5.58 Å². The van der Waals surface area contributed by atoms with E-state index in [0.29, 0.717) is 27.7 Å². The van der Waals surface area contributed by atoms with Gasteiger partial charge in [-0.3, -0.25) is 0 Å². The molecule has 0 fully saturated rings. The van der Waals surface area contributed by atoms with E-state index in [-0.39, 0.29) is 0 Å². The number of para-hydroxylation sites is 1. The van der Waals surface area contributed by atoms with Crippen LogP contribution in [0.25, 0.3) is 22.6 Å². The maximum absolute atomic E-state index is 5.95. The zero-order valence-corrected chi connectivity index (χ0v) is 11.5. The zero-order chi connectivity index (χ0) is 12.7. The molecule has 3 rings (SSSR count). The lowest BCUT2D eigenvalue weighted by Crippen LogP contribution is -1.85. The quantitative estimate of drug-likeness (QED) is 0.671. The predicted octanol–water partition coefficient (Wildman–Crippen LogP) is 4.49. The van der Waals surface area contributed by atoms with Crippen LogP contribution in [0.5, 0.6) is 0 Å². The van der Waals surface area contributed by atoms with Gasteiger partial charge < -0.3 is 10.2 Å². The molecule has 0 aliphatic heterocycles. The summed E-state index contributed by atoms with van der Waals surface area (Å²) in [7, 11) is 0. The van der Waals surface area contributed by atoms with Gasteiger partial charge in [0.05, 0.1) is 10.7 Å². The molecule has 2 N–H and O–H groups in total. The second-order valence-electron chi connectivity index (χ2n) is 3.84. The van der Waals surface area contributed by atoms with Crippen molar-refractivity contribution < 1.29 is 4.42 Å². The lowest BCUT2D eigenvalue weighted by atomic mass is 10.2. The van der Waals surface area contributed by atoms with Crippen LogP contribution >= 0.6 is 27.5 Å². The number of oxazole rings is 1. The molecular weight excluding hydrogens is 316 g/mol. The Kier molecular flexibility index (Phi) is 2.76. The number of benzene rings is 2. The van der Waals surface area contributed by atoms with Crippen molar-refractivity contribution >= 4 is 44.3 Å². The van der Waals surface area contributed by atoms with Crippen LogP contribution < -0.4 is 5.73 Å². The molecule has 0 saturated heterocycles. The van der Waals surface area contributed by atoms with Crippen LogP contribution in [-0.4, -0.2) is 4.98 Å². The van der Waals surface area contributed by atoms with Gasteiger partial charge in [0.1, 0.15) is 5.52 Å². The fourth-order valence-electron chi connectivity index (χ4n) is 1.72. The molecule has 90 valence electrons. The number of rotatable bonds is 1. The molecule has 0 amide bonds. The van der Waals surface area contributed by atoms with Gasteiger partial charge >= 0.3 is 0 Å². The molecule has 18 heavy (non-hydrogen) atoms. The number of nitrogens with zero attached hydrogens (tertiary/aromatic N) is 1. The second-order valence-corrected chi connectivity index (χ2v) is 5.10. The fraction of sp³-hybridized carbons (Fsp3) is 0. The topological polar surface area (TPSA) is 52.0 Å². The van der Waals surface area contributed by atoms with Crippen molar-refractivity contribution in [2.24, 2.45) is 0 Å². The van der Waals surface area contributed by atoms with E-state index in [2.05, 4.69) is 20.9 Å². The number of halogens is 2. The van der Waals surface area contributed by atoms with Crippen molar-refractivity contribution in [2.45, 2.75) is 0 Å². The van der Waals surface area contributed by atoms with Crippen LogP contribution in [0, 0.1) is 0 Å². The molecule has 0 unspecified atom stereocenters. The van der Waals surface area contributed by atoms with E-state index >= 15 is 0 Å². The normalized spacial score (nSPS) is 11.0. The first-order chi connectivity index (χ1) is 8.65. The van der Waals surface area contributed by atoms with Gasteiger partial charge in [-0.25, -0.2) is 4.98 Å². The summed E-state index contributed by atoms with van der Waals surface area (Å²) in [4.78, 5) is 4.40. The highest BCUT2D eigenvalue weighted by atomic mass is 79.9. The van der Waals surface area contributed by atoms with E-state index in [9.17, 15) is 0 Å². The first-order valence-corrected chi connectivity index (χ1v) is 6.43. The van der Waals surface area contributed by atoms with E-state index in [4.69, 9.17) is 21.8 Å². The van der Waals surface area contributed by atoms with Crippen LogP contribution in [-0.2, 0) is 0 Å². The SMILES string of the molecule is Nc1cccc2oc(-c3ccc(Cl)c(Br)c3)nc12. The zero-order valence-electron chi connectivity index (χ0n) is 9.15. The molecule has 0 saturated carbocycles. The molecule has 0 radical (unpaired) electrons. The summed E-state index contributed by atoms with van der Waals surface area (Å²) in [5.41, 5.74) is 8.66. The van der Waals surface area contributed by atoms with Crippen molar-refractivity contribution in [2.75, 3.05) is 5.73 Å². The standard InChI is InChI=1S/C13H8BrClN2O/c14-8-6-7(4-5-9(8)15)13-17-12-10(16)2-1-3-11(12)18-13/h1-6H,16H2. The molecule has 3 nitrogen and oxygen atoms in total. The lowest BCUT2D eigenvalue weighted by Gasteiger charge is -1.98. The highest BCUT2D eigenvalue weighted by Crippen LogP contribution is 2.31. The van der Waals surface area contributed by atoms with E-state index < -0.39 is 0 Å². The summed E-state index contributed by atoms with van der Waals surface area (Å²) < 4.78 is 6.48.